The number of nitrogens with zero attached hydrogens (tertiary/aromatic N) is 2. The summed E-state index contributed by atoms with van der Waals surface area (Å²) in [4.78, 5) is 0. The Hall–Kier alpha value is -1.73. The van der Waals surface area contributed by atoms with Gasteiger partial charge in [-0.15, -0.1) is 11.8 Å². The molecular formula is C12H10N3S2+. The Bertz CT molecular complexity index is 535. The van der Waals surface area contributed by atoms with Crippen LogP contribution in [0.15, 0.2) is 42.2 Å². The van der Waals surface area contributed by atoms with Gasteiger partial charge in [-0.3, -0.25) is 5.41 Å². The second-order valence-corrected chi connectivity index (χ2v) is 4.44. The SMILES string of the molecule is CSC(=S)/C(=C\C(=C=N)C#N)[n+]1ccccc1. The van der Waals surface area contributed by atoms with E-state index in [1.54, 1.807) is 6.08 Å². The molecule has 0 spiro atoms. The molecule has 1 N–H and O–H groups in total. The molecule has 17 heavy (non-hydrogen) atoms. The lowest BCUT2D eigenvalue weighted by Crippen LogP contribution is -2.34. The van der Waals surface area contributed by atoms with Gasteiger partial charge in [-0.1, -0.05) is 18.3 Å². The topological polar surface area (TPSA) is 51.5 Å². The average molecular weight is 260 g/mol. The molecule has 0 amide bonds. The maximum atomic E-state index is 8.80. The van der Waals surface area contributed by atoms with E-state index in [1.807, 2.05) is 47.5 Å². The van der Waals surface area contributed by atoms with Crippen LogP contribution in [0.1, 0.15) is 0 Å². The van der Waals surface area contributed by atoms with E-state index >= 15 is 0 Å². The van der Waals surface area contributed by atoms with E-state index in [1.165, 1.54) is 11.8 Å². The zero-order valence-corrected chi connectivity index (χ0v) is 10.8. The first-order valence-electron chi connectivity index (χ1n) is 4.69. The Morgan fingerprint density at radius 1 is 1.41 bits per heavy atom. The van der Waals surface area contributed by atoms with Crippen molar-refractivity contribution in [2.75, 3.05) is 6.26 Å². The summed E-state index contributed by atoms with van der Waals surface area (Å²) < 4.78 is 2.47. The number of aromatic nitrogens is 1. The van der Waals surface area contributed by atoms with Crippen LogP contribution in [-0.4, -0.2) is 16.3 Å². The number of pyridine rings is 1. The van der Waals surface area contributed by atoms with Crippen molar-refractivity contribution in [3.8, 4) is 6.07 Å². The molecule has 1 aromatic rings. The lowest BCUT2D eigenvalue weighted by Gasteiger charge is -1.99. The molecule has 1 aromatic heterocycles. The largest absolute Gasteiger partial charge is 0.258 e. The lowest BCUT2D eigenvalue weighted by atomic mass is 10.2. The molecule has 0 saturated heterocycles. The molecule has 0 aliphatic rings. The van der Waals surface area contributed by atoms with Crippen molar-refractivity contribution in [2.24, 2.45) is 0 Å². The van der Waals surface area contributed by atoms with Crippen LogP contribution in [0.4, 0.5) is 0 Å². The zero-order valence-electron chi connectivity index (χ0n) is 9.18. The Morgan fingerprint density at radius 3 is 2.53 bits per heavy atom. The van der Waals surface area contributed by atoms with Gasteiger partial charge in [0, 0.05) is 18.2 Å². The van der Waals surface area contributed by atoms with Gasteiger partial charge in [0.25, 0.3) is 0 Å². The molecular weight excluding hydrogens is 250 g/mol. The van der Waals surface area contributed by atoms with Crippen LogP contribution in [-0.2, 0) is 0 Å². The minimum Gasteiger partial charge on any atom is -0.258 e. The van der Waals surface area contributed by atoms with Gasteiger partial charge in [0.1, 0.15) is 15.8 Å². The summed E-state index contributed by atoms with van der Waals surface area (Å²) in [5.74, 6) is 2.08. The van der Waals surface area contributed by atoms with Crippen LogP contribution in [0.25, 0.3) is 5.70 Å². The quantitative estimate of drug-likeness (QED) is 0.226. The second kappa shape index (κ2) is 6.77. The van der Waals surface area contributed by atoms with Crippen LogP contribution in [0.5, 0.6) is 0 Å². The van der Waals surface area contributed by atoms with E-state index < -0.39 is 0 Å². The first-order chi connectivity index (χ1) is 8.22. The number of rotatable bonds is 3. The van der Waals surface area contributed by atoms with Gasteiger partial charge in [-0.05, 0) is 12.1 Å². The van der Waals surface area contributed by atoms with E-state index in [0.717, 1.165) is 0 Å². The van der Waals surface area contributed by atoms with E-state index in [4.69, 9.17) is 22.9 Å². The van der Waals surface area contributed by atoms with Crippen molar-refractivity contribution in [1.29, 1.82) is 10.7 Å². The summed E-state index contributed by atoms with van der Waals surface area (Å²) in [6, 6.07) is 7.53. The maximum Gasteiger partial charge on any atom is 0.237 e. The third-order valence-corrected chi connectivity index (χ3v) is 3.21. The summed E-state index contributed by atoms with van der Waals surface area (Å²) in [5, 5.41) is 15.8. The fourth-order valence-electron chi connectivity index (χ4n) is 1.14. The number of hydrogen-bond acceptors (Lipinski definition) is 4. The fourth-order valence-corrected chi connectivity index (χ4v) is 1.67. The van der Waals surface area contributed by atoms with Gasteiger partial charge in [-0.2, -0.15) is 9.83 Å². The highest BCUT2D eigenvalue weighted by molar-refractivity contribution is 8.23. The zero-order chi connectivity index (χ0) is 12.7. The first kappa shape index (κ1) is 13.3. The molecule has 0 radical (unpaired) electrons. The normalized spacial score (nSPS) is 10.2. The fraction of sp³-hybridized carbons (Fsp3) is 0.0833. The summed E-state index contributed by atoms with van der Waals surface area (Å²) in [5.41, 5.74) is 0.845. The van der Waals surface area contributed by atoms with Crippen LogP contribution in [0.2, 0.25) is 0 Å². The van der Waals surface area contributed by atoms with Crippen molar-refractivity contribution in [1.82, 2.24) is 0 Å². The predicted molar refractivity (Wildman–Crippen MR) is 73.9 cm³/mol. The first-order valence-corrected chi connectivity index (χ1v) is 6.32. The molecule has 0 aromatic carbocycles. The van der Waals surface area contributed by atoms with Crippen LogP contribution in [0.3, 0.4) is 0 Å². The molecule has 1 heterocycles. The van der Waals surface area contributed by atoms with Gasteiger partial charge in [0.15, 0.2) is 12.4 Å². The molecule has 1 rings (SSSR count). The lowest BCUT2D eigenvalue weighted by molar-refractivity contribution is -0.575. The number of nitriles is 1. The molecule has 3 nitrogen and oxygen atoms in total. The molecule has 0 atom stereocenters. The van der Waals surface area contributed by atoms with E-state index in [2.05, 4.69) is 5.87 Å². The van der Waals surface area contributed by atoms with Crippen LogP contribution in [0, 0.1) is 16.7 Å². The molecule has 0 saturated carbocycles. The standard InChI is InChI=1S/C12H10N3S2/c1-17-12(16)11(7-10(8-13)9-14)15-5-3-2-4-6-15/h2-7,13H,1H3/q+1/b11-7+. The van der Waals surface area contributed by atoms with Crippen molar-refractivity contribution in [3.05, 3.63) is 42.2 Å². The highest BCUT2D eigenvalue weighted by Gasteiger charge is 2.15. The Morgan fingerprint density at radius 2 is 2.06 bits per heavy atom. The Kier molecular flexibility index (Phi) is 5.31. The monoisotopic (exact) mass is 260 g/mol. The van der Waals surface area contributed by atoms with Gasteiger partial charge in [0.2, 0.25) is 5.70 Å². The molecule has 84 valence electrons. The predicted octanol–water partition coefficient (Wildman–Crippen LogP) is 2.20. The minimum atomic E-state index is 0.146. The Labute approximate surface area is 110 Å². The smallest absolute Gasteiger partial charge is 0.237 e. The molecule has 0 fully saturated rings. The summed E-state index contributed by atoms with van der Waals surface area (Å²) in [6.45, 7) is 0. The van der Waals surface area contributed by atoms with Gasteiger partial charge in [0.05, 0.1) is 0 Å². The number of thioether (sulfide) groups is 1. The number of hydrogen-bond donors (Lipinski definition) is 1. The second-order valence-electron chi connectivity index (χ2n) is 2.95. The minimum absolute atomic E-state index is 0.146. The third kappa shape index (κ3) is 3.65. The van der Waals surface area contributed by atoms with Crippen LogP contribution >= 0.6 is 24.0 Å². The molecule has 0 aliphatic heterocycles. The number of allylic oxidation sites excluding steroid dienone is 2. The number of thiocarbonyl (C=S) groups is 1. The van der Waals surface area contributed by atoms with E-state index in [9.17, 15) is 0 Å². The highest BCUT2D eigenvalue weighted by Crippen LogP contribution is 2.11. The van der Waals surface area contributed by atoms with E-state index in [-0.39, 0.29) is 5.57 Å². The van der Waals surface area contributed by atoms with Crippen molar-refractivity contribution in [3.63, 3.8) is 0 Å². The molecule has 0 bridgehead atoms. The molecule has 5 heteroatoms. The van der Waals surface area contributed by atoms with Gasteiger partial charge < -0.3 is 0 Å². The summed E-state index contributed by atoms with van der Waals surface area (Å²) in [6.07, 6.45) is 7.12. The average Bonchev–Trinajstić information content (AvgIpc) is 2.40. The van der Waals surface area contributed by atoms with Crippen LogP contribution < -0.4 is 4.57 Å². The summed E-state index contributed by atoms with van der Waals surface area (Å²) >= 11 is 6.66. The van der Waals surface area contributed by atoms with Gasteiger partial charge >= 0.3 is 0 Å². The van der Waals surface area contributed by atoms with Crippen molar-refractivity contribution in [2.45, 2.75) is 0 Å². The highest BCUT2D eigenvalue weighted by atomic mass is 32.2. The molecule has 0 aliphatic carbocycles. The maximum absolute atomic E-state index is 8.80. The van der Waals surface area contributed by atoms with E-state index in [0.29, 0.717) is 9.89 Å². The number of nitrogens with one attached hydrogen (secondary N) is 1. The van der Waals surface area contributed by atoms with Crippen molar-refractivity contribution >= 4 is 39.7 Å². The summed E-state index contributed by atoms with van der Waals surface area (Å²) in [7, 11) is 0. The molecule has 0 unspecified atom stereocenters. The van der Waals surface area contributed by atoms with Gasteiger partial charge in [-0.25, -0.2) is 0 Å². The van der Waals surface area contributed by atoms with Crippen molar-refractivity contribution < 1.29 is 4.57 Å². The third-order valence-electron chi connectivity index (χ3n) is 1.92. The Balaban J connectivity index is 3.29.